The molecule has 6 heteroatoms. The third-order valence-corrected chi connectivity index (χ3v) is 6.03. The van der Waals surface area contributed by atoms with Crippen LogP contribution in [0.2, 0.25) is 0 Å². The van der Waals surface area contributed by atoms with E-state index in [1.165, 1.54) is 23.9 Å². The van der Waals surface area contributed by atoms with E-state index in [1.807, 2.05) is 44.2 Å². The monoisotopic (exact) mass is 395 g/mol. The van der Waals surface area contributed by atoms with E-state index in [9.17, 15) is 8.42 Å². The van der Waals surface area contributed by atoms with Gasteiger partial charge in [-0.3, -0.25) is 4.28 Å². The molecule has 0 bridgehead atoms. The number of terminal acetylenes is 1. The van der Waals surface area contributed by atoms with Gasteiger partial charge in [0.2, 0.25) is 0 Å². The van der Waals surface area contributed by atoms with Crippen LogP contribution in [-0.4, -0.2) is 13.5 Å². The van der Waals surface area contributed by atoms with Crippen LogP contribution in [0, 0.1) is 26.2 Å². The van der Waals surface area contributed by atoms with Crippen LogP contribution in [0.1, 0.15) is 16.7 Å². The van der Waals surface area contributed by atoms with Crippen LogP contribution in [0.5, 0.6) is 0 Å². The molecule has 27 heavy (non-hydrogen) atoms. The summed E-state index contributed by atoms with van der Waals surface area (Å²) >= 11 is 1.27. The summed E-state index contributed by atoms with van der Waals surface area (Å²) in [5, 5.41) is 4.20. The molecule has 0 atom stereocenters. The Hall–Kier alpha value is -2.75. The molecule has 0 fully saturated rings. The average molecular weight is 396 g/mol. The highest BCUT2D eigenvalue weighted by molar-refractivity contribution is 8.18. The second-order valence-corrected chi connectivity index (χ2v) is 8.50. The van der Waals surface area contributed by atoms with Crippen molar-refractivity contribution in [2.24, 2.45) is 5.16 Å². The van der Waals surface area contributed by atoms with Gasteiger partial charge in [-0.05, 0) is 49.3 Å². The Morgan fingerprint density at radius 1 is 1.07 bits per heavy atom. The summed E-state index contributed by atoms with van der Waals surface area (Å²) in [5.74, 6) is 2.72. The van der Waals surface area contributed by atoms with Gasteiger partial charge >= 0.3 is 10.1 Å². The first-order valence-electron chi connectivity index (χ1n) is 8.12. The third kappa shape index (κ3) is 4.33. The van der Waals surface area contributed by atoms with Crippen molar-refractivity contribution in [2.75, 3.05) is 0 Å². The molecule has 0 spiro atoms. The van der Waals surface area contributed by atoms with Gasteiger partial charge in [0.1, 0.15) is 9.94 Å². The van der Waals surface area contributed by atoms with Gasteiger partial charge in [0, 0.05) is 10.5 Å². The second kappa shape index (κ2) is 7.87. The first-order valence-corrected chi connectivity index (χ1v) is 10.3. The molecule has 3 rings (SSSR count). The molecule has 1 aliphatic heterocycles. The van der Waals surface area contributed by atoms with Crippen molar-refractivity contribution in [3.05, 3.63) is 82.3 Å². The van der Waals surface area contributed by atoms with Crippen molar-refractivity contribution in [1.82, 2.24) is 0 Å². The fourth-order valence-electron chi connectivity index (χ4n) is 2.48. The van der Waals surface area contributed by atoms with Crippen LogP contribution in [0.25, 0.3) is 5.57 Å². The molecule has 0 aromatic heterocycles. The Bertz CT molecular complexity index is 1100. The molecule has 0 unspecified atom stereocenters. The van der Waals surface area contributed by atoms with Gasteiger partial charge in [0.15, 0.2) is 0 Å². The summed E-state index contributed by atoms with van der Waals surface area (Å²) in [6, 6.07) is 14.2. The lowest BCUT2D eigenvalue weighted by Crippen LogP contribution is -2.03. The van der Waals surface area contributed by atoms with E-state index in [-0.39, 0.29) is 4.90 Å². The van der Waals surface area contributed by atoms with Crippen molar-refractivity contribution in [2.45, 2.75) is 18.7 Å². The zero-order valence-corrected chi connectivity index (χ0v) is 16.5. The molecule has 0 amide bonds. The SMILES string of the molecule is C#C/C(=C1/C=CC(=NOS(=O)(=O)c2ccc(C)cc2)S1)c1ccccc1C. The number of allylic oxidation sites excluding steroid dienone is 2. The van der Waals surface area contributed by atoms with E-state index in [1.54, 1.807) is 18.2 Å². The number of aryl methyl sites for hydroxylation is 2. The maximum absolute atomic E-state index is 12.2. The van der Waals surface area contributed by atoms with Crippen molar-refractivity contribution < 1.29 is 12.7 Å². The Morgan fingerprint density at radius 2 is 1.78 bits per heavy atom. The molecule has 1 heterocycles. The van der Waals surface area contributed by atoms with Crippen LogP contribution < -0.4 is 0 Å². The Morgan fingerprint density at radius 3 is 2.44 bits per heavy atom. The number of thioether (sulfide) groups is 1. The molecule has 0 radical (unpaired) electrons. The Kier molecular flexibility index (Phi) is 5.54. The van der Waals surface area contributed by atoms with Gasteiger partial charge in [0.25, 0.3) is 0 Å². The summed E-state index contributed by atoms with van der Waals surface area (Å²) in [7, 11) is -3.96. The highest BCUT2D eigenvalue weighted by atomic mass is 32.2. The summed E-state index contributed by atoms with van der Waals surface area (Å²) in [6.45, 7) is 3.87. The van der Waals surface area contributed by atoms with Gasteiger partial charge in [-0.25, -0.2) is 0 Å². The zero-order chi connectivity index (χ0) is 19.4. The fourth-order valence-corrected chi connectivity index (χ4v) is 4.10. The fraction of sp³-hybridized carbons (Fsp3) is 0.0952. The molecule has 0 saturated heterocycles. The maximum atomic E-state index is 12.2. The van der Waals surface area contributed by atoms with E-state index in [4.69, 9.17) is 10.7 Å². The van der Waals surface area contributed by atoms with Crippen molar-refractivity contribution in [3.8, 4) is 12.3 Å². The van der Waals surface area contributed by atoms with Crippen LogP contribution >= 0.6 is 11.8 Å². The van der Waals surface area contributed by atoms with Crippen LogP contribution in [0.3, 0.4) is 0 Å². The third-order valence-electron chi connectivity index (χ3n) is 3.93. The number of benzene rings is 2. The lowest BCUT2D eigenvalue weighted by Gasteiger charge is -2.07. The number of oxime groups is 1. The predicted molar refractivity (Wildman–Crippen MR) is 111 cm³/mol. The Balaban J connectivity index is 1.82. The largest absolute Gasteiger partial charge is 0.358 e. The second-order valence-electron chi connectivity index (χ2n) is 5.91. The predicted octanol–water partition coefficient (Wildman–Crippen LogP) is 4.67. The van der Waals surface area contributed by atoms with E-state index in [0.29, 0.717) is 5.04 Å². The Labute approximate surface area is 163 Å². The normalized spacial score (nSPS) is 17.0. The summed E-state index contributed by atoms with van der Waals surface area (Å²) < 4.78 is 29.3. The first kappa shape index (κ1) is 19.0. The van der Waals surface area contributed by atoms with Crippen LogP contribution in [0.4, 0.5) is 0 Å². The minimum atomic E-state index is -3.96. The summed E-state index contributed by atoms with van der Waals surface area (Å²) in [4.78, 5) is 0.881. The number of nitrogens with zero attached hydrogens (tertiary/aromatic N) is 1. The van der Waals surface area contributed by atoms with Crippen molar-refractivity contribution >= 4 is 32.5 Å². The lowest BCUT2D eigenvalue weighted by molar-refractivity contribution is 0.340. The molecule has 2 aromatic carbocycles. The van der Waals surface area contributed by atoms with Gasteiger partial charge in [-0.15, -0.1) is 6.42 Å². The maximum Gasteiger partial charge on any atom is 0.358 e. The van der Waals surface area contributed by atoms with E-state index >= 15 is 0 Å². The topological polar surface area (TPSA) is 55.7 Å². The van der Waals surface area contributed by atoms with Gasteiger partial charge < -0.3 is 0 Å². The molecule has 4 nitrogen and oxygen atoms in total. The molecule has 0 aliphatic carbocycles. The highest BCUT2D eigenvalue weighted by Gasteiger charge is 2.19. The smallest absolute Gasteiger partial charge is 0.264 e. The minimum Gasteiger partial charge on any atom is -0.264 e. The molecule has 0 saturated carbocycles. The molecular weight excluding hydrogens is 378 g/mol. The molecule has 2 aromatic rings. The van der Waals surface area contributed by atoms with Gasteiger partial charge in [-0.1, -0.05) is 64.8 Å². The van der Waals surface area contributed by atoms with Gasteiger partial charge in [0.05, 0.1) is 0 Å². The standard InChI is InChI=1S/C21H17NO3S2/c1-4-18(19-8-6-5-7-16(19)3)20-13-14-21(26-20)22-25-27(23,24)17-11-9-15(2)10-12-17/h1,5-14H,2-3H3/b20-18+,22-21?. The van der Waals surface area contributed by atoms with Crippen molar-refractivity contribution in [3.63, 3.8) is 0 Å². The zero-order valence-electron chi connectivity index (χ0n) is 14.8. The highest BCUT2D eigenvalue weighted by Crippen LogP contribution is 2.35. The molecule has 136 valence electrons. The minimum absolute atomic E-state index is 0.0596. The number of hydrogen-bond donors (Lipinski definition) is 0. The van der Waals surface area contributed by atoms with Crippen LogP contribution in [-0.2, 0) is 14.4 Å². The summed E-state index contributed by atoms with van der Waals surface area (Å²) in [6.07, 6.45) is 9.20. The van der Waals surface area contributed by atoms with E-state index in [0.717, 1.165) is 27.2 Å². The summed E-state index contributed by atoms with van der Waals surface area (Å²) in [5.41, 5.74) is 3.72. The van der Waals surface area contributed by atoms with Crippen molar-refractivity contribution in [1.29, 1.82) is 0 Å². The average Bonchev–Trinajstić information content (AvgIpc) is 3.11. The number of hydrogen-bond acceptors (Lipinski definition) is 5. The molecule has 0 N–H and O–H groups in total. The molecular formula is C21H17NO3S2. The van der Waals surface area contributed by atoms with E-state index in [2.05, 4.69) is 11.1 Å². The molecule has 1 aliphatic rings. The number of rotatable bonds is 4. The van der Waals surface area contributed by atoms with Gasteiger partial charge in [-0.2, -0.15) is 8.42 Å². The lowest BCUT2D eigenvalue weighted by atomic mass is 10.0. The van der Waals surface area contributed by atoms with E-state index < -0.39 is 10.1 Å². The first-order chi connectivity index (χ1) is 12.9. The quantitative estimate of drug-likeness (QED) is 0.558. The van der Waals surface area contributed by atoms with Crippen LogP contribution in [0.15, 0.2) is 75.6 Å².